The van der Waals surface area contributed by atoms with Gasteiger partial charge in [-0.05, 0) is 18.2 Å². The van der Waals surface area contributed by atoms with E-state index in [9.17, 15) is 14.0 Å². The average molecular weight is 477 g/mol. The van der Waals surface area contributed by atoms with Gasteiger partial charge in [-0.3, -0.25) is 19.6 Å². The minimum atomic E-state index is -0.543. The minimum absolute atomic E-state index is 0.184. The maximum atomic E-state index is 15.0. The van der Waals surface area contributed by atoms with Crippen LogP contribution in [0.1, 0.15) is 19.8 Å². The van der Waals surface area contributed by atoms with Crippen LogP contribution in [0.3, 0.4) is 0 Å². The molecule has 1 atom stereocenters. The molecular weight excluding hydrogens is 443 g/mol. The molecule has 34 heavy (non-hydrogen) atoms. The van der Waals surface area contributed by atoms with Crippen LogP contribution in [0.2, 0.25) is 0 Å². The maximum absolute atomic E-state index is 15.0. The van der Waals surface area contributed by atoms with Crippen molar-refractivity contribution in [1.82, 2.24) is 15.2 Å². The third-order valence-corrected chi connectivity index (χ3v) is 6.42. The number of hydrazone groups is 1. The Kier molecular flexibility index (Phi) is 7.84. The van der Waals surface area contributed by atoms with Crippen molar-refractivity contribution < 1.29 is 23.8 Å². The lowest BCUT2D eigenvalue weighted by atomic mass is 10.1. The van der Waals surface area contributed by atoms with Crippen molar-refractivity contribution in [1.29, 1.82) is 0 Å². The number of nitrogens with zero attached hydrogens (tertiary/aromatic N) is 5. The summed E-state index contributed by atoms with van der Waals surface area (Å²) in [5.74, 6) is -0.573. The molecule has 1 aromatic rings. The second-order valence-electron chi connectivity index (χ2n) is 8.86. The molecule has 2 N–H and O–H groups in total. The van der Waals surface area contributed by atoms with Gasteiger partial charge in [0.05, 0.1) is 31.1 Å². The van der Waals surface area contributed by atoms with Crippen molar-refractivity contribution in [2.75, 3.05) is 75.3 Å². The van der Waals surface area contributed by atoms with Crippen molar-refractivity contribution in [3.05, 3.63) is 24.0 Å². The maximum Gasteiger partial charge on any atom is 0.414 e. The molecule has 0 bridgehead atoms. The molecule has 11 heteroatoms. The van der Waals surface area contributed by atoms with E-state index < -0.39 is 12.2 Å². The van der Waals surface area contributed by atoms with Crippen LogP contribution in [-0.2, 0) is 9.53 Å². The number of halogens is 1. The highest BCUT2D eigenvalue weighted by atomic mass is 19.1. The van der Waals surface area contributed by atoms with Crippen LogP contribution < -0.4 is 15.1 Å². The number of aliphatic hydroxyl groups is 1. The number of cyclic esters (lactones) is 1. The summed E-state index contributed by atoms with van der Waals surface area (Å²) in [5.41, 5.74) is 2.09. The largest absolute Gasteiger partial charge is 0.442 e. The highest BCUT2D eigenvalue weighted by molar-refractivity contribution is 5.90. The van der Waals surface area contributed by atoms with E-state index in [4.69, 9.17) is 14.9 Å². The number of benzene rings is 1. The van der Waals surface area contributed by atoms with Crippen molar-refractivity contribution in [2.24, 2.45) is 5.10 Å². The topological polar surface area (TPSA) is 101 Å². The third kappa shape index (κ3) is 5.95. The van der Waals surface area contributed by atoms with E-state index in [-0.39, 0.29) is 31.4 Å². The molecular formula is C23H33FN6O4. The fraction of sp³-hybridized carbons (Fsp3) is 0.609. The van der Waals surface area contributed by atoms with Crippen LogP contribution in [0.4, 0.5) is 20.6 Å². The Morgan fingerprint density at radius 3 is 2.59 bits per heavy atom. The fourth-order valence-electron chi connectivity index (χ4n) is 4.52. The number of carbonyl (C=O) groups excluding carboxylic acids is 2. The standard InChI is InChI=1S/C23H33FN6O4/c1-17(32)25-15-20-16-30(23(33)34-20)19-2-3-22(21(24)14-19)28-6-4-18(5-7-28)26-29-10-8-27(9-11-29)12-13-31/h2-3,14,20,31H,4-13,15-16H2,1H3,(H,25,32). The molecule has 0 aliphatic carbocycles. The summed E-state index contributed by atoms with van der Waals surface area (Å²) < 4.78 is 20.3. The Hall–Kier alpha value is -2.92. The van der Waals surface area contributed by atoms with E-state index in [0.717, 1.165) is 44.7 Å². The lowest BCUT2D eigenvalue weighted by Gasteiger charge is -2.35. The van der Waals surface area contributed by atoms with Gasteiger partial charge in [0.1, 0.15) is 11.9 Å². The monoisotopic (exact) mass is 476 g/mol. The molecule has 0 saturated carbocycles. The molecule has 2 amide bonds. The van der Waals surface area contributed by atoms with Crippen molar-refractivity contribution in [2.45, 2.75) is 25.9 Å². The number of rotatable bonds is 7. The van der Waals surface area contributed by atoms with Gasteiger partial charge < -0.3 is 20.1 Å². The highest BCUT2D eigenvalue weighted by Gasteiger charge is 2.33. The highest BCUT2D eigenvalue weighted by Crippen LogP contribution is 2.29. The molecule has 3 aliphatic rings. The van der Waals surface area contributed by atoms with E-state index in [1.54, 1.807) is 12.1 Å². The van der Waals surface area contributed by atoms with Gasteiger partial charge in [0.2, 0.25) is 5.91 Å². The number of carbonyl (C=O) groups is 2. The molecule has 1 aromatic carbocycles. The lowest BCUT2D eigenvalue weighted by Crippen LogP contribution is -2.45. The first-order valence-corrected chi connectivity index (χ1v) is 11.8. The predicted octanol–water partition coefficient (Wildman–Crippen LogP) is 0.853. The van der Waals surface area contributed by atoms with E-state index in [1.807, 2.05) is 4.90 Å². The zero-order valence-corrected chi connectivity index (χ0v) is 19.6. The third-order valence-electron chi connectivity index (χ3n) is 6.42. The number of amides is 2. The van der Waals surface area contributed by atoms with Crippen LogP contribution in [-0.4, -0.2) is 104 Å². The number of piperazine rings is 1. The SMILES string of the molecule is CC(=O)NCC1CN(c2ccc(N3CCC(=NN4CCN(CCO)CC4)CC3)c(F)c2)C(=O)O1. The molecule has 0 spiro atoms. The Balaban J connectivity index is 1.30. The number of hydrogen-bond donors (Lipinski definition) is 2. The summed E-state index contributed by atoms with van der Waals surface area (Å²) in [6.07, 6.45) is 0.554. The molecule has 4 rings (SSSR count). The number of piperidine rings is 1. The number of anilines is 2. The number of hydrogen-bond acceptors (Lipinski definition) is 8. The normalized spacial score (nSPS) is 21.6. The molecule has 3 heterocycles. The fourth-order valence-corrected chi connectivity index (χ4v) is 4.52. The van der Waals surface area contributed by atoms with Crippen LogP contribution in [0.25, 0.3) is 0 Å². The van der Waals surface area contributed by atoms with Crippen molar-refractivity contribution in [3.8, 4) is 0 Å². The van der Waals surface area contributed by atoms with Crippen LogP contribution in [0.15, 0.2) is 23.3 Å². The average Bonchev–Trinajstić information content (AvgIpc) is 3.20. The van der Waals surface area contributed by atoms with Crippen LogP contribution in [0, 0.1) is 5.82 Å². The van der Waals surface area contributed by atoms with E-state index >= 15 is 0 Å². The van der Waals surface area contributed by atoms with Gasteiger partial charge in [-0.1, -0.05) is 0 Å². The first kappa shape index (κ1) is 24.2. The van der Waals surface area contributed by atoms with Gasteiger partial charge in [0.15, 0.2) is 0 Å². The predicted molar refractivity (Wildman–Crippen MR) is 127 cm³/mol. The first-order chi connectivity index (χ1) is 16.4. The Morgan fingerprint density at radius 2 is 1.94 bits per heavy atom. The molecule has 3 saturated heterocycles. The van der Waals surface area contributed by atoms with E-state index in [0.29, 0.717) is 31.0 Å². The molecule has 3 fully saturated rings. The van der Waals surface area contributed by atoms with Gasteiger partial charge in [-0.15, -0.1) is 0 Å². The number of β-amino-alcohol motifs (C(OH)–C–C–N with tert-alkyl or cyclic N) is 1. The smallest absolute Gasteiger partial charge is 0.414 e. The minimum Gasteiger partial charge on any atom is -0.442 e. The summed E-state index contributed by atoms with van der Waals surface area (Å²) in [5, 5.41) is 18.6. The van der Waals surface area contributed by atoms with Gasteiger partial charge in [-0.25, -0.2) is 9.18 Å². The van der Waals surface area contributed by atoms with Gasteiger partial charge in [-0.2, -0.15) is 5.10 Å². The number of aliphatic hydroxyl groups excluding tert-OH is 1. The second kappa shape index (κ2) is 11.0. The van der Waals surface area contributed by atoms with Crippen molar-refractivity contribution >= 4 is 29.1 Å². The number of nitrogens with one attached hydrogen (secondary N) is 1. The summed E-state index contributed by atoms with van der Waals surface area (Å²) in [7, 11) is 0. The van der Waals surface area contributed by atoms with Crippen LogP contribution >= 0.6 is 0 Å². The first-order valence-electron chi connectivity index (χ1n) is 11.8. The Morgan fingerprint density at radius 1 is 1.21 bits per heavy atom. The molecule has 1 unspecified atom stereocenters. The summed E-state index contributed by atoms with van der Waals surface area (Å²) in [6, 6.07) is 4.81. The number of ether oxygens (including phenoxy) is 1. The van der Waals surface area contributed by atoms with Gasteiger partial charge >= 0.3 is 6.09 Å². The zero-order chi connectivity index (χ0) is 24.1. The van der Waals surface area contributed by atoms with Gasteiger partial charge in [0.25, 0.3) is 0 Å². The molecule has 0 aromatic heterocycles. The summed E-state index contributed by atoms with van der Waals surface area (Å²) in [4.78, 5) is 28.9. The molecule has 0 radical (unpaired) electrons. The van der Waals surface area contributed by atoms with Gasteiger partial charge in [0, 0.05) is 71.3 Å². The summed E-state index contributed by atoms with van der Waals surface area (Å²) >= 11 is 0. The Bertz CT molecular complexity index is 911. The lowest BCUT2D eigenvalue weighted by molar-refractivity contribution is -0.119. The zero-order valence-electron chi connectivity index (χ0n) is 19.6. The second-order valence-corrected chi connectivity index (χ2v) is 8.86. The molecule has 186 valence electrons. The quantitative estimate of drug-likeness (QED) is 0.602. The summed E-state index contributed by atoms with van der Waals surface area (Å²) in [6.45, 7) is 7.67. The molecule has 3 aliphatic heterocycles. The van der Waals surface area contributed by atoms with E-state index in [1.165, 1.54) is 17.9 Å². The van der Waals surface area contributed by atoms with Crippen LogP contribution in [0.5, 0.6) is 0 Å². The van der Waals surface area contributed by atoms with Crippen molar-refractivity contribution in [3.63, 3.8) is 0 Å². The Labute approximate surface area is 198 Å². The molecule has 10 nitrogen and oxygen atoms in total. The van der Waals surface area contributed by atoms with E-state index in [2.05, 4.69) is 15.2 Å².